The van der Waals surface area contributed by atoms with E-state index < -0.39 is 23.3 Å². The van der Waals surface area contributed by atoms with Crippen LogP contribution >= 0.6 is 35.6 Å². The Bertz CT molecular complexity index is 1450. The minimum absolute atomic E-state index is 0. The smallest absolute Gasteiger partial charge is 0.296 e. The van der Waals surface area contributed by atoms with Gasteiger partial charge in [-0.2, -0.15) is 13.2 Å². The van der Waals surface area contributed by atoms with E-state index in [1.807, 2.05) is 4.57 Å². The molecule has 1 saturated carbocycles. The van der Waals surface area contributed by atoms with Crippen molar-refractivity contribution < 1.29 is 18.0 Å². The second-order valence-electron chi connectivity index (χ2n) is 8.43. The summed E-state index contributed by atoms with van der Waals surface area (Å²) < 4.78 is 42.7. The first-order valence-corrected chi connectivity index (χ1v) is 11.8. The maximum Gasteiger partial charge on any atom is 0.418 e. The van der Waals surface area contributed by atoms with Crippen LogP contribution in [0, 0.1) is 0 Å². The zero-order valence-electron chi connectivity index (χ0n) is 19.0. The molecule has 0 atom stereocenters. The quantitative estimate of drug-likeness (QED) is 0.153. The van der Waals surface area contributed by atoms with E-state index in [0.717, 1.165) is 25.0 Å². The van der Waals surface area contributed by atoms with Gasteiger partial charge in [0.2, 0.25) is 0 Å². The maximum atomic E-state index is 13.6. The monoisotopic (exact) mass is 566 g/mol. The van der Waals surface area contributed by atoms with Gasteiger partial charge in [-0.05, 0) is 61.4 Å². The summed E-state index contributed by atoms with van der Waals surface area (Å²) in [7, 11) is 0. The second-order valence-corrected chi connectivity index (χ2v) is 9.27. The van der Waals surface area contributed by atoms with Crippen LogP contribution in [0.15, 0.2) is 72.8 Å². The Hall–Kier alpha value is -3.04. The molecule has 0 spiro atoms. The number of nitrogens with two attached hydrogens (primary N) is 1. The first kappa shape index (κ1) is 27.0. The molecular weight excluding hydrogens is 548 g/mol. The van der Waals surface area contributed by atoms with Crippen LogP contribution < -0.4 is 10.9 Å². The fourth-order valence-electron chi connectivity index (χ4n) is 4.14. The number of carbonyl (C=O) groups is 1. The molecule has 37 heavy (non-hydrogen) atoms. The number of aromatic nitrogens is 2. The average Bonchev–Trinajstić information content (AvgIpc) is 3.63. The first-order valence-electron chi connectivity index (χ1n) is 11.1. The van der Waals surface area contributed by atoms with Crippen molar-refractivity contribution in [2.24, 2.45) is 5.84 Å². The largest absolute Gasteiger partial charge is 0.418 e. The van der Waals surface area contributed by atoms with Gasteiger partial charge in [-0.25, -0.2) is 15.8 Å². The summed E-state index contributed by atoms with van der Waals surface area (Å²) in [5.74, 6) is 5.54. The summed E-state index contributed by atoms with van der Waals surface area (Å²) in [6, 6.07) is 18.7. The number of hydrazine groups is 1. The number of carbonyl (C=O) groups excluding carboxylic acids is 1. The lowest BCUT2D eigenvalue weighted by molar-refractivity contribution is -0.137. The number of hydrogen-bond acceptors (Lipinski definition) is 3. The van der Waals surface area contributed by atoms with Gasteiger partial charge in [-0.3, -0.25) is 9.36 Å². The third-order valence-electron chi connectivity index (χ3n) is 5.97. The van der Waals surface area contributed by atoms with Crippen molar-refractivity contribution in [2.45, 2.75) is 24.9 Å². The van der Waals surface area contributed by atoms with Gasteiger partial charge in [0.15, 0.2) is 5.69 Å². The number of nitrogens with zero attached hydrogens (tertiary/aromatic N) is 3. The van der Waals surface area contributed by atoms with Gasteiger partial charge in [-0.15, -0.1) is 12.4 Å². The highest BCUT2D eigenvalue weighted by atomic mass is 35.5. The SMILES string of the molecule is Cl.NN(C(=O)c1nc(-c2ccccc2Cl)n(-c2ccc(Cl)cc2)c1C1CC1)c1ccccc1C(F)(F)F. The maximum absolute atomic E-state index is 13.6. The standard InChI is InChI=1S/C26H19Cl2F3N4O.ClH/c27-16-11-13-17(14-12-16)34-23(15-9-10-15)22(33-24(34)18-5-1-3-7-20(18)28)25(36)35(32)21-8-4-2-6-19(21)26(29,30)31;/h1-8,11-15H,9-10,32H2;1H. The Morgan fingerprint density at radius 3 is 2.22 bits per heavy atom. The predicted molar refractivity (Wildman–Crippen MR) is 141 cm³/mol. The second kappa shape index (κ2) is 10.4. The molecular formula is C26H20Cl3F3N4O. The number of hydrogen-bond donors (Lipinski definition) is 1. The molecule has 4 aromatic rings. The van der Waals surface area contributed by atoms with Crippen molar-refractivity contribution >= 4 is 47.2 Å². The van der Waals surface area contributed by atoms with Gasteiger partial charge in [0, 0.05) is 22.2 Å². The zero-order valence-corrected chi connectivity index (χ0v) is 21.4. The molecule has 0 saturated heterocycles. The summed E-state index contributed by atoms with van der Waals surface area (Å²) in [6.45, 7) is 0. The summed E-state index contributed by atoms with van der Waals surface area (Å²) >= 11 is 12.6. The zero-order chi connectivity index (χ0) is 25.6. The number of benzene rings is 3. The van der Waals surface area contributed by atoms with Crippen molar-refractivity contribution in [1.82, 2.24) is 9.55 Å². The van der Waals surface area contributed by atoms with E-state index in [9.17, 15) is 18.0 Å². The van der Waals surface area contributed by atoms with Crippen LogP contribution in [0.4, 0.5) is 18.9 Å². The van der Waals surface area contributed by atoms with Crippen LogP contribution in [0.25, 0.3) is 17.1 Å². The number of halogens is 6. The van der Waals surface area contributed by atoms with Gasteiger partial charge in [0.05, 0.1) is 22.0 Å². The van der Waals surface area contributed by atoms with Gasteiger partial charge < -0.3 is 0 Å². The molecule has 0 bridgehead atoms. The number of para-hydroxylation sites is 1. The Morgan fingerprint density at radius 2 is 1.59 bits per heavy atom. The molecule has 1 aromatic heterocycles. The topological polar surface area (TPSA) is 64.2 Å². The molecule has 2 N–H and O–H groups in total. The highest BCUT2D eigenvalue weighted by molar-refractivity contribution is 6.33. The highest BCUT2D eigenvalue weighted by Crippen LogP contribution is 2.46. The number of anilines is 1. The Balaban J connectivity index is 0.00000320. The fourth-order valence-corrected chi connectivity index (χ4v) is 4.49. The minimum Gasteiger partial charge on any atom is -0.296 e. The molecule has 11 heteroatoms. The molecule has 5 nitrogen and oxygen atoms in total. The van der Waals surface area contributed by atoms with E-state index in [1.54, 1.807) is 48.5 Å². The molecule has 1 fully saturated rings. The van der Waals surface area contributed by atoms with Crippen molar-refractivity contribution in [2.75, 3.05) is 5.01 Å². The molecule has 1 amide bonds. The van der Waals surface area contributed by atoms with E-state index in [4.69, 9.17) is 29.0 Å². The molecule has 0 unspecified atom stereocenters. The van der Waals surface area contributed by atoms with E-state index in [1.165, 1.54) is 12.1 Å². The van der Waals surface area contributed by atoms with Gasteiger partial charge in [0.1, 0.15) is 5.82 Å². The summed E-state index contributed by atoms with van der Waals surface area (Å²) in [5.41, 5.74) is 0.310. The number of alkyl halides is 3. The van der Waals surface area contributed by atoms with Crippen LogP contribution in [0.2, 0.25) is 10.0 Å². The summed E-state index contributed by atoms with van der Waals surface area (Å²) in [4.78, 5) is 18.3. The van der Waals surface area contributed by atoms with Crippen LogP contribution in [0.3, 0.4) is 0 Å². The van der Waals surface area contributed by atoms with Crippen LogP contribution in [0.1, 0.15) is 40.5 Å². The molecule has 0 aliphatic heterocycles. The van der Waals surface area contributed by atoms with Gasteiger partial charge in [0.25, 0.3) is 5.91 Å². The molecule has 1 aliphatic carbocycles. The minimum atomic E-state index is -4.70. The third kappa shape index (κ3) is 5.20. The fraction of sp³-hybridized carbons (Fsp3) is 0.154. The lowest BCUT2D eigenvalue weighted by Crippen LogP contribution is -2.39. The Kier molecular flexibility index (Phi) is 7.57. The molecule has 5 rings (SSSR count). The van der Waals surface area contributed by atoms with Crippen LogP contribution in [-0.4, -0.2) is 15.5 Å². The lowest BCUT2D eigenvalue weighted by atomic mass is 10.1. The Labute approximate surface area is 227 Å². The van der Waals surface area contributed by atoms with Gasteiger partial charge >= 0.3 is 6.18 Å². The predicted octanol–water partition coefficient (Wildman–Crippen LogP) is 7.68. The van der Waals surface area contributed by atoms with E-state index in [-0.39, 0.29) is 24.0 Å². The van der Waals surface area contributed by atoms with Crippen molar-refractivity contribution in [3.8, 4) is 17.1 Å². The van der Waals surface area contributed by atoms with E-state index in [0.29, 0.717) is 37.8 Å². The van der Waals surface area contributed by atoms with Crippen molar-refractivity contribution in [3.05, 3.63) is 99.8 Å². The lowest BCUT2D eigenvalue weighted by Gasteiger charge is -2.21. The van der Waals surface area contributed by atoms with Gasteiger partial charge in [-0.1, -0.05) is 47.5 Å². The van der Waals surface area contributed by atoms with Crippen LogP contribution in [-0.2, 0) is 6.18 Å². The van der Waals surface area contributed by atoms with E-state index in [2.05, 4.69) is 4.98 Å². The Morgan fingerprint density at radius 1 is 0.973 bits per heavy atom. The number of rotatable bonds is 5. The first-order chi connectivity index (χ1) is 17.2. The molecule has 192 valence electrons. The molecule has 1 aliphatic rings. The number of imidazole rings is 1. The molecule has 3 aromatic carbocycles. The number of amides is 1. The summed E-state index contributed by atoms with van der Waals surface area (Å²) in [5, 5.41) is 1.45. The summed E-state index contributed by atoms with van der Waals surface area (Å²) in [6.07, 6.45) is -3.10. The third-order valence-corrected chi connectivity index (χ3v) is 6.55. The molecule has 1 heterocycles. The molecule has 0 radical (unpaired) electrons. The van der Waals surface area contributed by atoms with Crippen LogP contribution in [0.5, 0.6) is 0 Å². The highest BCUT2D eigenvalue weighted by Gasteiger charge is 2.39. The normalized spacial score (nSPS) is 13.2. The average molecular weight is 568 g/mol. The van der Waals surface area contributed by atoms with Crippen molar-refractivity contribution in [3.63, 3.8) is 0 Å². The van der Waals surface area contributed by atoms with E-state index >= 15 is 0 Å². The van der Waals surface area contributed by atoms with Crippen molar-refractivity contribution in [1.29, 1.82) is 0 Å².